The molecule has 0 fully saturated rings. The molecular weight excluding hydrogens is 294 g/mol. The Labute approximate surface area is 135 Å². The first-order valence-corrected chi connectivity index (χ1v) is 7.85. The van der Waals surface area contributed by atoms with E-state index in [1.165, 1.54) is 0 Å². The number of pyridine rings is 1. The molecule has 3 rings (SSSR count). The van der Waals surface area contributed by atoms with Gasteiger partial charge in [0.05, 0.1) is 6.04 Å². The summed E-state index contributed by atoms with van der Waals surface area (Å²) >= 11 is 0. The van der Waals surface area contributed by atoms with Gasteiger partial charge in [0.2, 0.25) is 0 Å². The summed E-state index contributed by atoms with van der Waals surface area (Å²) in [6.45, 7) is 8.24. The van der Waals surface area contributed by atoms with Crippen LogP contribution in [0, 0.1) is 6.92 Å². The Hall–Kier alpha value is -2.28. The van der Waals surface area contributed by atoms with Crippen LogP contribution < -0.4 is 0 Å². The van der Waals surface area contributed by atoms with Crippen LogP contribution in [0.1, 0.15) is 47.6 Å². The fourth-order valence-electron chi connectivity index (χ4n) is 2.76. The molecule has 0 N–H and O–H groups in total. The van der Waals surface area contributed by atoms with Gasteiger partial charge in [0.25, 0.3) is 5.91 Å². The van der Waals surface area contributed by atoms with E-state index in [4.69, 9.17) is 4.74 Å². The Morgan fingerprint density at radius 1 is 1.35 bits per heavy atom. The third-order valence-corrected chi connectivity index (χ3v) is 4.09. The predicted octanol–water partition coefficient (Wildman–Crippen LogP) is 1.74. The number of aromatic nitrogens is 4. The number of hydrogen-bond acceptors (Lipinski definition) is 5. The molecule has 0 saturated heterocycles. The number of carbonyl (C=O) groups is 1. The molecule has 0 aromatic carbocycles. The van der Waals surface area contributed by atoms with E-state index in [1.54, 1.807) is 17.2 Å². The van der Waals surface area contributed by atoms with Gasteiger partial charge in [-0.15, -0.1) is 10.2 Å². The molecule has 23 heavy (non-hydrogen) atoms. The number of rotatable bonds is 4. The van der Waals surface area contributed by atoms with E-state index in [0.717, 1.165) is 17.2 Å². The lowest BCUT2D eigenvalue weighted by Crippen LogP contribution is -2.41. The van der Waals surface area contributed by atoms with E-state index in [9.17, 15) is 4.79 Å². The van der Waals surface area contributed by atoms with Crippen molar-refractivity contribution in [2.24, 2.45) is 0 Å². The number of fused-ring (bicyclic) bond motifs is 1. The van der Waals surface area contributed by atoms with Crippen molar-refractivity contribution in [1.29, 1.82) is 0 Å². The van der Waals surface area contributed by atoms with Gasteiger partial charge in [0.1, 0.15) is 12.3 Å². The molecule has 1 aliphatic rings. The molecule has 1 aliphatic heterocycles. The summed E-state index contributed by atoms with van der Waals surface area (Å²) in [4.78, 5) is 18.7. The van der Waals surface area contributed by atoms with Gasteiger partial charge in [-0.1, -0.05) is 6.07 Å². The first kappa shape index (κ1) is 15.6. The zero-order valence-corrected chi connectivity index (χ0v) is 13.7. The van der Waals surface area contributed by atoms with Gasteiger partial charge in [-0.2, -0.15) is 0 Å². The molecule has 3 heterocycles. The molecule has 0 saturated carbocycles. The summed E-state index contributed by atoms with van der Waals surface area (Å²) < 4.78 is 7.47. The summed E-state index contributed by atoms with van der Waals surface area (Å²) in [6.07, 6.45) is 1.71. The van der Waals surface area contributed by atoms with E-state index in [0.29, 0.717) is 32.0 Å². The summed E-state index contributed by atoms with van der Waals surface area (Å²) in [6, 6.07) is 3.53. The molecule has 7 nitrogen and oxygen atoms in total. The van der Waals surface area contributed by atoms with E-state index in [2.05, 4.69) is 15.2 Å². The molecule has 1 amide bonds. The maximum Gasteiger partial charge on any atom is 0.273 e. The zero-order valence-electron chi connectivity index (χ0n) is 13.7. The van der Waals surface area contributed by atoms with Crippen molar-refractivity contribution in [3.8, 4) is 0 Å². The first-order chi connectivity index (χ1) is 11.1. The lowest BCUT2D eigenvalue weighted by atomic mass is 10.1. The molecule has 2 aromatic rings. The molecule has 122 valence electrons. The second kappa shape index (κ2) is 6.45. The highest BCUT2D eigenvalue weighted by Gasteiger charge is 2.32. The number of ether oxygens (including phenoxy) is 1. The standard InChI is InChI=1S/C16H21N5O2/c1-4-23-10-14-18-19-15-12(3)20(7-8-21(14)15)16(22)13-6-5-11(2)9-17-13/h5-6,9,12H,4,7-8,10H2,1-3H3/t12-/m0/s1. The van der Waals surface area contributed by atoms with Crippen LogP contribution in [0.4, 0.5) is 0 Å². The number of amides is 1. The maximum absolute atomic E-state index is 12.7. The lowest BCUT2D eigenvalue weighted by Gasteiger charge is -2.33. The number of carbonyl (C=O) groups excluding carboxylic acids is 1. The molecule has 0 radical (unpaired) electrons. The van der Waals surface area contributed by atoms with Crippen molar-refractivity contribution in [1.82, 2.24) is 24.6 Å². The number of hydrogen-bond donors (Lipinski definition) is 0. The first-order valence-electron chi connectivity index (χ1n) is 7.85. The second-order valence-corrected chi connectivity index (χ2v) is 5.66. The summed E-state index contributed by atoms with van der Waals surface area (Å²) in [5, 5.41) is 8.45. The van der Waals surface area contributed by atoms with Gasteiger partial charge in [-0.25, -0.2) is 0 Å². The van der Waals surface area contributed by atoms with Gasteiger partial charge >= 0.3 is 0 Å². The molecule has 7 heteroatoms. The molecule has 0 spiro atoms. The van der Waals surface area contributed by atoms with Crippen LogP contribution in [-0.2, 0) is 17.9 Å². The van der Waals surface area contributed by atoms with Crippen LogP contribution in [0.5, 0.6) is 0 Å². The minimum absolute atomic E-state index is 0.0712. The van der Waals surface area contributed by atoms with Crippen LogP contribution in [-0.4, -0.2) is 43.7 Å². The van der Waals surface area contributed by atoms with E-state index >= 15 is 0 Å². The molecule has 2 aromatic heterocycles. The summed E-state index contributed by atoms with van der Waals surface area (Å²) in [5.41, 5.74) is 1.50. The van der Waals surface area contributed by atoms with Crippen LogP contribution in [0.25, 0.3) is 0 Å². The number of aryl methyl sites for hydroxylation is 1. The molecule has 1 atom stereocenters. The Morgan fingerprint density at radius 2 is 2.17 bits per heavy atom. The van der Waals surface area contributed by atoms with Crippen LogP contribution >= 0.6 is 0 Å². The maximum atomic E-state index is 12.7. The topological polar surface area (TPSA) is 73.1 Å². The highest BCUT2D eigenvalue weighted by molar-refractivity contribution is 5.92. The second-order valence-electron chi connectivity index (χ2n) is 5.66. The van der Waals surface area contributed by atoms with E-state index in [-0.39, 0.29) is 11.9 Å². The Kier molecular flexibility index (Phi) is 4.38. The minimum atomic E-state index is -0.137. The average molecular weight is 315 g/mol. The van der Waals surface area contributed by atoms with Crippen molar-refractivity contribution in [2.45, 2.75) is 40.0 Å². The summed E-state index contributed by atoms with van der Waals surface area (Å²) in [7, 11) is 0. The van der Waals surface area contributed by atoms with Crippen molar-refractivity contribution < 1.29 is 9.53 Å². The summed E-state index contributed by atoms with van der Waals surface area (Å²) in [5.74, 6) is 1.54. The van der Waals surface area contributed by atoms with Gasteiger partial charge in [-0.3, -0.25) is 9.78 Å². The third-order valence-electron chi connectivity index (χ3n) is 4.09. The van der Waals surface area contributed by atoms with Crippen LogP contribution in [0.15, 0.2) is 18.3 Å². The fraction of sp³-hybridized carbons (Fsp3) is 0.500. The van der Waals surface area contributed by atoms with Crippen LogP contribution in [0.2, 0.25) is 0 Å². The zero-order chi connectivity index (χ0) is 16.4. The fourth-order valence-corrected chi connectivity index (χ4v) is 2.76. The SMILES string of the molecule is CCOCc1nnc2n1CCN(C(=O)c1ccc(C)cn1)[C@H]2C. The largest absolute Gasteiger partial charge is 0.374 e. The molecular formula is C16H21N5O2. The highest BCUT2D eigenvalue weighted by atomic mass is 16.5. The van der Waals surface area contributed by atoms with Crippen molar-refractivity contribution >= 4 is 5.91 Å². The molecule has 0 unspecified atom stereocenters. The Bertz CT molecular complexity index is 695. The Balaban J connectivity index is 1.80. The number of nitrogens with zero attached hydrogens (tertiary/aromatic N) is 5. The van der Waals surface area contributed by atoms with Crippen LogP contribution in [0.3, 0.4) is 0 Å². The monoisotopic (exact) mass is 315 g/mol. The predicted molar refractivity (Wildman–Crippen MR) is 83.8 cm³/mol. The van der Waals surface area contributed by atoms with Crippen molar-refractivity contribution in [3.63, 3.8) is 0 Å². The average Bonchev–Trinajstić information content (AvgIpc) is 2.97. The molecule has 0 aliphatic carbocycles. The van der Waals surface area contributed by atoms with E-state index < -0.39 is 0 Å². The highest BCUT2D eigenvalue weighted by Crippen LogP contribution is 2.25. The van der Waals surface area contributed by atoms with Gasteiger partial charge in [0.15, 0.2) is 11.6 Å². The van der Waals surface area contributed by atoms with Crippen molar-refractivity contribution in [3.05, 3.63) is 41.2 Å². The normalized spacial score (nSPS) is 17.2. The van der Waals surface area contributed by atoms with Crippen molar-refractivity contribution in [2.75, 3.05) is 13.2 Å². The smallest absolute Gasteiger partial charge is 0.273 e. The van der Waals surface area contributed by atoms with Gasteiger partial charge in [0, 0.05) is 25.9 Å². The minimum Gasteiger partial charge on any atom is -0.374 e. The van der Waals surface area contributed by atoms with Gasteiger partial charge < -0.3 is 14.2 Å². The molecule has 0 bridgehead atoms. The van der Waals surface area contributed by atoms with Gasteiger partial charge in [-0.05, 0) is 32.4 Å². The van der Waals surface area contributed by atoms with E-state index in [1.807, 2.05) is 31.4 Å². The quantitative estimate of drug-likeness (QED) is 0.859. The lowest BCUT2D eigenvalue weighted by molar-refractivity contribution is 0.0624. The third kappa shape index (κ3) is 2.96. The Morgan fingerprint density at radius 3 is 2.87 bits per heavy atom.